The van der Waals surface area contributed by atoms with Crippen LogP contribution in [0, 0.1) is 0 Å². The minimum Gasteiger partial charge on any atom is -0.490 e. The van der Waals surface area contributed by atoms with Crippen LogP contribution in [0.2, 0.25) is 0 Å². The normalized spacial score (nSPS) is 21.6. The molecule has 164 valence electrons. The van der Waals surface area contributed by atoms with Gasteiger partial charge in [0, 0.05) is 6.04 Å². The lowest BCUT2D eigenvalue weighted by atomic mass is 9.97. The molecule has 32 heavy (non-hydrogen) atoms. The molecule has 0 radical (unpaired) electrons. The first-order valence-corrected chi connectivity index (χ1v) is 12.1. The number of benzene rings is 2. The maximum Gasteiger partial charge on any atom is 0.291 e. The predicted octanol–water partition coefficient (Wildman–Crippen LogP) is 3.09. The number of rotatable bonds is 5. The lowest BCUT2D eigenvalue weighted by molar-refractivity contribution is 0.0662. The van der Waals surface area contributed by atoms with E-state index < -0.39 is 27.8 Å². The first-order chi connectivity index (χ1) is 15.4. The molecule has 8 heteroatoms. The molecule has 0 N–H and O–H groups in total. The maximum atomic E-state index is 13.5. The number of carbonyl (C=O) groups is 1. The molecule has 1 fully saturated rings. The molecule has 2 aliphatic heterocycles. The molecule has 3 aromatic rings. The van der Waals surface area contributed by atoms with Crippen molar-refractivity contribution in [3.63, 3.8) is 0 Å². The molecule has 2 atom stereocenters. The summed E-state index contributed by atoms with van der Waals surface area (Å²) in [7, 11) is -3.26. The van der Waals surface area contributed by atoms with Crippen molar-refractivity contribution in [3.8, 4) is 5.75 Å². The lowest BCUT2D eigenvalue weighted by Gasteiger charge is -2.30. The summed E-state index contributed by atoms with van der Waals surface area (Å²) in [5.41, 5.74) is 0.928. The van der Waals surface area contributed by atoms with Crippen molar-refractivity contribution in [3.05, 3.63) is 88.3 Å². The second-order valence-electron chi connectivity index (χ2n) is 8.01. The Morgan fingerprint density at radius 2 is 1.97 bits per heavy atom. The Labute approximate surface area is 184 Å². The first kappa shape index (κ1) is 20.5. The molecule has 0 saturated carbocycles. The fraction of sp³-hybridized carbons (Fsp3) is 0.250. The van der Waals surface area contributed by atoms with Gasteiger partial charge in [-0.2, -0.15) is 0 Å². The predicted molar refractivity (Wildman–Crippen MR) is 120 cm³/mol. The second-order valence-corrected chi connectivity index (χ2v) is 10.2. The molecule has 2 aromatic carbocycles. The van der Waals surface area contributed by atoms with Gasteiger partial charge in [0.2, 0.25) is 5.76 Å². The number of fused-ring (bicyclic) bond motifs is 2. The van der Waals surface area contributed by atoms with Crippen molar-refractivity contribution in [2.24, 2.45) is 0 Å². The molecule has 0 unspecified atom stereocenters. The van der Waals surface area contributed by atoms with Crippen molar-refractivity contribution in [2.75, 3.05) is 18.1 Å². The summed E-state index contributed by atoms with van der Waals surface area (Å²) < 4.78 is 35.9. The minimum atomic E-state index is -3.26. The van der Waals surface area contributed by atoms with E-state index in [9.17, 15) is 18.0 Å². The molecule has 0 spiro atoms. The third kappa shape index (κ3) is 3.31. The van der Waals surface area contributed by atoms with Crippen LogP contribution in [0.1, 0.15) is 34.1 Å². The minimum absolute atomic E-state index is 0.0103. The number of para-hydroxylation sites is 1. The second kappa shape index (κ2) is 7.63. The van der Waals surface area contributed by atoms with Crippen LogP contribution in [0.5, 0.6) is 5.75 Å². The van der Waals surface area contributed by atoms with Crippen LogP contribution in [-0.2, 0) is 9.84 Å². The van der Waals surface area contributed by atoms with Gasteiger partial charge >= 0.3 is 0 Å². The third-order valence-electron chi connectivity index (χ3n) is 5.96. The van der Waals surface area contributed by atoms with Crippen molar-refractivity contribution >= 4 is 26.7 Å². The summed E-state index contributed by atoms with van der Waals surface area (Å²) in [6.45, 7) is 3.95. The number of carbonyl (C=O) groups excluding carboxylic acids is 1. The molecule has 1 amide bonds. The Bertz CT molecular complexity index is 1410. The van der Waals surface area contributed by atoms with Gasteiger partial charge in [0.15, 0.2) is 15.3 Å². The summed E-state index contributed by atoms with van der Waals surface area (Å²) in [6.07, 6.45) is 1.94. The van der Waals surface area contributed by atoms with Gasteiger partial charge in [0.05, 0.1) is 28.5 Å². The lowest BCUT2D eigenvalue weighted by Crippen LogP contribution is -2.40. The van der Waals surface area contributed by atoms with Crippen molar-refractivity contribution in [2.45, 2.75) is 18.5 Å². The zero-order chi connectivity index (χ0) is 22.5. The highest BCUT2D eigenvalue weighted by Crippen LogP contribution is 2.42. The van der Waals surface area contributed by atoms with Crippen LogP contribution in [-0.4, -0.2) is 43.4 Å². The standard InChI is InChI=1S/C24H21NO6S/c1-2-11-30-17-7-5-6-15(13-17)21-20-22(26)18-8-3-4-9-19(18)31-23(20)24(27)25(21)16-10-12-32(28,29)14-16/h2-9,13,16,21H,1,10-12,14H2/t16-,21+/m1/s1. The zero-order valence-corrected chi connectivity index (χ0v) is 18.0. The number of sulfone groups is 1. The van der Waals surface area contributed by atoms with Crippen LogP contribution < -0.4 is 10.2 Å². The molecule has 5 rings (SSSR count). The summed E-state index contributed by atoms with van der Waals surface area (Å²) >= 11 is 0. The number of hydrogen-bond acceptors (Lipinski definition) is 6. The largest absolute Gasteiger partial charge is 0.490 e. The fourth-order valence-corrected chi connectivity index (χ4v) is 6.28. The molecule has 0 aliphatic carbocycles. The van der Waals surface area contributed by atoms with Crippen LogP contribution in [0.4, 0.5) is 0 Å². The van der Waals surface area contributed by atoms with E-state index in [-0.39, 0.29) is 28.3 Å². The molecule has 0 bridgehead atoms. The van der Waals surface area contributed by atoms with Crippen LogP contribution in [0.3, 0.4) is 0 Å². The Kier molecular flexibility index (Phi) is 4.89. The van der Waals surface area contributed by atoms with Gasteiger partial charge in [-0.25, -0.2) is 8.42 Å². The van der Waals surface area contributed by atoms with E-state index in [0.29, 0.717) is 35.3 Å². The number of hydrogen-bond donors (Lipinski definition) is 0. The summed E-state index contributed by atoms with van der Waals surface area (Å²) in [6, 6.07) is 12.6. The average Bonchev–Trinajstić information content (AvgIpc) is 3.29. The quantitative estimate of drug-likeness (QED) is 0.554. The van der Waals surface area contributed by atoms with E-state index in [1.54, 1.807) is 54.6 Å². The van der Waals surface area contributed by atoms with E-state index in [4.69, 9.17) is 9.15 Å². The number of amides is 1. The van der Waals surface area contributed by atoms with Crippen LogP contribution >= 0.6 is 0 Å². The van der Waals surface area contributed by atoms with E-state index >= 15 is 0 Å². The summed E-state index contributed by atoms with van der Waals surface area (Å²) in [4.78, 5) is 28.5. The Morgan fingerprint density at radius 3 is 2.72 bits per heavy atom. The molecule has 2 aliphatic rings. The van der Waals surface area contributed by atoms with Gasteiger partial charge in [-0.15, -0.1) is 0 Å². The number of ether oxygens (including phenoxy) is 1. The molecular weight excluding hydrogens is 430 g/mol. The summed E-state index contributed by atoms with van der Waals surface area (Å²) in [5, 5.41) is 0.379. The first-order valence-electron chi connectivity index (χ1n) is 10.3. The van der Waals surface area contributed by atoms with Crippen molar-refractivity contribution in [1.82, 2.24) is 4.90 Å². The number of nitrogens with zero attached hydrogens (tertiary/aromatic N) is 1. The highest BCUT2D eigenvalue weighted by Gasteiger charge is 2.48. The van der Waals surface area contributed by atoms with E-state index in [1.807, 2.05) is 0 Å². The Balaban J connectivity index is 1.71. The summed E-state index contributed by atoms with van der Waals surface area (Å²) in [5.74, 6) is -0.0554. The van der Waals surface area contributed by atoms with E-state index in [0.717, 1.165) is 0 Å². The molecule has 3 heterocycles. The highest BCUT2D eigenvalue weighted by molar-refractivity contribution is 7.91. The fourth-order valence-electron chi connectivity index (χ4n) is 4.57. The molecule has 1 aromatic heterocycles. The smallest absolute Gasteiger partial charge is 0.291 e. The van der Waals surface area contributed by atoms with Gasteiger partial charge < -0.3 is 14.1 Å². The van der Waals surface area contributed by atoms with Gasteiger partial charge in [-0.05, 0) is 36.2 Å². The van der Waals surface area contributed by atoms with Gasteiger partial charge in [-0.1, -0.05) is 36.9 Å². The average molecular weight is 452 g/mol. The molecule has 1 saturated heterocycles. The Hall–Kier alpha value is -3.39. The van der Waals surface area contributed by atoms with E-state index in [1.165, 1.54) is 4.90 Å². The SMILES string of the molecule is C=CCOc1cccc([C@H]2c3c(oc4ccccc4c3=O)C(=O)N2[C@@H]2CCS(=O)(=O)C2)c1. The zero-order valence-electron chi connectivity index (χ0n) is 17.2. The van der Waals surface area contributed by atoms with E-state index in [2.05, 4.69) is 6.58 Å². The van der Waals surface area contributed by atoms with Gasteiger partial charge in [-0.3, -0.25) is 9.59 Å². The van der Waals surface area contributed by atoms with Gasteiger partial charge in [0.25, 0.3) is 5.91 Å². The van der Waals surface area contributed by atoms with Crippen LogP contribution in [0.15, 0.2) is 70.4 Å². The monoisotopic (exact) mass is 451 g/mol. The van der Waals surface area contributed by atoms with Crippen LogP contribution in [0.25, 0.3) is 11.0 Å². The van der Waals surface area contributed by atoms with Crippen molar-refractivity contribution < 1.29 is 22.4 Å². The van der Waals surface area contributed by atoms with Crippen molar-refractivity contribution in [1.29, 1.82) is 0 Å². The molecular formula is C24H21NO6S. The van der Waals surface area contributed by atoms with Gasteiger partial charge in [0.1, 0.15) is 17.9 Å². The highest BCUT2D eigenvalue weighted by atomic mass is 32.2. The maximum absolute atomic E-state index is 13.5. The Morgan fingerprint density at radius 1 is 1.16 bits per heavy atom. The third-order valence-corrected chi connectivity index (χ3v) is 7.71. The molecule has 7 nitrogen and oxygen atoms in total. The topological polar surface area (TPSA) is 93.9 Å².